The van der Waals surface area contributed by atoms with Crippen LogP contribution in [0.25, 0.3) is 16.8 Å². The molecule has 0 aliphatic heterocycles. The van der Waals surface area contributed by atoms with Gasteiger partial charge in [0.1, 0.15) is 28.1 Å². The first-order valence-corrected chi connectivity index (χ1v) is 9.32. The van der Waals surface area contributed by atoms with Crippen molar-refractivity contribution in [3.63, 3.8) is 0 Å². The molecule has 0 saturated heterocycles. The number of methoxy groups -OCH3 is 1. The molecule has 3 aromatic rings. The average Bonchev–Trinajstić information content (AvgIpc) is 3.19. The second-order valence-corrected chi connectivity index (χ2v) is 6.37. The molecule has 0 aliphatic rings. The smallest absolute Gasteiger partial charge is 0.142 e. The molecular formula is C21H19N3O2S. The van der Waals surface area contributed by atoms with Crippen LogP contribution in [-0.2, 0) is 0 Å². The van der Waals surface area contributed by atoms with Gasteiger partial charge in [-0.05, 0) is 43.3 Å². The van der Waals surface area contributed by atoms with E-state index in [2.05, 4.69) is 16.4 Å². The van der Waals surface area contributed by atoms with E-state index < -0.39 is 0 Å². The summed E-state index contributed by atoms with van der Waals surface area (Å²) in [4.78, 5) is 4.60. The fourth-order valence-electron chi connectivity index (χ4n) is 2.47. The predicted octanol–water partition coefficient (Wildman–Crippen LogP) is 5.19. The minimum Gasteiger partial charge on any atom is -0.495 e. The first-order chi connectivity index (χ1) is 13.2. The van der Waals surface area contributed by atoms with E-state index in [1.165, 1.54) is 11.3 Å². The molecule has 0 aliphatic carbocycles. The van der Waals surface area contributed by atoms with E-state index in [1.54, 1.807) is 13.3 Å². The highest BCUT2D eigenvalue weighted by Gasteiger charge is 2.10. The molecule has 0 unspecified atom stereocenters. The van der Waals surface area contributed by atoms with E-state index in [0.29, 0.717) is 22.9 Å². The number of para-hydroxylation sites is 2. The van der Waals surface area contributed by atoms with Gasteiger partial charge in [0.2, 0.25) is 0 Å². The molecule has 3 rings (SSSR count). The van der Waals surface area contributed by atoms with Crippen molar-refractivity contribution in [1.29, 1.82) is 5.26 Å². The first kappa shape index (κ1) is 18.5. The van der Waals surface area contributed by atoms with Crippen molar-refractivity contribution in [2.45, 2.75) is 6.92 Å². The lowest BCUT2D eigenvalue weighted by atomic mass is 10.2. The molecule has 0 radical (unpaired) electrons. The molecule has 27 heavy (non-hydrogen) atoms. The summed E-state index contributed by atoms with van der Waals surface area (Å²) in [6, 6.07) is 17.5. The molecule has 0 fully saturated rings. The summed E-state index contributed by atoms with van der Waals surface area (Å²) in [5.74, 6) is 1.54. The molecule has 0 atom stereocenters. The molecule has 0 saturated carbocycles. The van der Waals surface area contributed by atoms with E-state index in [4.69, 9.17) is 9.47 Å². The van der Waals surface area contributed by atoms with Gasteiger partial charge in [0.25, 0.3) is 0 Å². The Labute approximate surface area is 162 Å². The minimum atomic E-state index is 0.461. The fraction of sp³-hybridized carbons (Fsp3) is 0.143. The normalized spacial score (nSPS) is 10.9. The minimum absolute atomic E-state index is 0.461. The van der Waals surface area contributed by atoms with Crippen molar-refractivity contribution in [3.8, 4) is 28.8 Å². The van der Waals surface area contributed by atoms with Crippen LogP contribution in [0.4, 0.5) is 5.69 Å². The summed E-state index contributed by atoms with van der Waals surface area (Å²) in [5.41, 5.74) is 3.06. The van der Waals surface area contributed by atoms with E-state index in [-0.39, 0.29) is 0 Å². The monoisotopic (exact) mass is 377 g/mol. The van der Waals surface area contributed by atoms with Crippen molar-refractivity contribution in [2.75, 3.05) is 19.0 Å². The van der Waals surface area contributed by atoms with Crippen molar-refractivity contribution in [2.24, 2.45) is 0 Å². The van der Waals surface area contributed by atoms with Crippen LogP contribution < -0.4 is 14.8 Å². The van der Waals surface area contributed by atoms with Crippen LogP contribution in [-0.4, -0.2) is 18.7 Å². The molecule has 0 amide bonds. The highest BCUT2D eigenvalue weighted by atomic mass is 32.1. The van der Waals surface area contributed by atoms with Crippen LogP contribution in [0.5, 0.6) is 11.5 Å². The Balaban J connectivity index is 1.80. The summed E-state index contributed by atoms with van der Waals surface area (Å²) in [7, 11) is 1.61. The van der Waals surface area contributed by atoms with Crippen molar-refractivity contribution >= 4 is 22.6 Å². The second kappa shape index (κ2) is 8.88. The van der Waals surface area contributed by atoms with Gasteiger partial charge in [-0.3, -0.25) is 0 Å². The Morgan fingerprint density at radius 2 is 2.00 bits per heavy atom. The number of nitrogens with one attached hydrogen (secondary N) is 1. The molecular weight excluding hydrogens is 358 g/mol. The van der Waals surface area contributed by atoms with Gasteiger partial charge >= 0.3 is 0 Å². The van der Waals surface area contributed by atoms with Gasteiger partial charge in [0.15, 0.2) is 0 Å². The lowest BCUT2D eigenvalue weighted by molar-refractivity contribution is 0.340. The number of nitrogens with zero attached hydrogens (tertiary/aromatic N) is 2. The predicted molar refractivity (Wildman–Crippen MR) is 109 cm³/mol. The van der Waals surface area contributed by atoms with Gasteiger partial charge in [0, 0.05) is 17.1 Å². The molecule has 0 spiro atoms. The van der Waals surface area contributed by atoms with Gasteiger partial charge in [-0.2, -0.15) is 5.26 Å². The van der Waals surface area contributed by atoms with Gasteiger partial charge < -0.3 is 14.8 Å². The van der Waals surface area contributed by atoms with Crippen LogP contribution in [0, 0.1) is 11.3 Å². The maximum absolute atomic E-state index is 9.52. The van der Waals surface area contributed by atoms with Gasteiger partial charge in [0.05, 0.1) is 25.1 Å². The van der Waals surface area contributed by atoms with E-state index in [9.17, 15) is 5.26 Å². The Morgan fingerprint density at radius 1 is 1.22 bits per heavy atom. The van der Waals surface area contributed by atoms with Crippen molar-refractivity contribution < 1.29 is 9.47 Å². The maximum Gasteiger partial charge on any atom is 0.142 e. The average molecular weight is 377 g/mol. The van der Waals surface area contributed by atoms with E-state index in [0.717, 1.165) is 22.7 Å². The summed E-state index contributed by atoms with van der Waals surface area (Å²) >= 11 is 1.43. The highest BCUT2D eigenvalue weighted by molar-refractivity contribution is 7.11. The zero-order valence-corrected chi connectivity index (χ0v) is 15.9. The number of aromatic nitrogens is 1. The Bertz CT molecular complexity index is 972. The molecule has 136 valence electrons. The third-order valence-electron chi connectivity index (χ3n) is 3.80. The number of nitriles is 1. The Kier molecular flexibility index (Phi) is 6.08. The third kappa shape index (κ3) is 4.46. The molecule has 1 N–H and O–H groups in total. The number of hydrogen-bond donors (Lipinski definition) is 1. The second-order valence-electron chi connectivity index (χ2n) is 5.51. The standard InChI is InChI=1S/C21H19N3O2S/c1-3-26-17-10-8-15(9-11-17)19-14-27-21(24-19)16(12-22)13-23-18-6-4-5-7-20(18)25-2/h4-11,13-14,23H,3H2,1-2H3/b16-13+. The molecule has 5 nitrogen and oxygen atoms in total. The molecule has 1 heterocycles. The third-order valence-corrected chi connectivity index (χ3v) is 4.67. The summed E-state index contributed by atoms with van der Waals surface area (Å²) in [6.45, 7) is 2.59. The SMILES string of the molecule is CCOc1ccc(-c2csc(/C(C#N)=C/Nc3ccccc3OC)n2)cc1. The topological polar surface area (TPSA) is 67.2 Å². The van der Waals surface area contributed by atoms with Crippen LogP contribution in [0.3, 0.4) is 0 Å². The number of ether oxygens (including phenoxy) is 2. The fourth-order valence-corrected chi connectivity index (χ4v) is 3.27. The van der Waals surface area contributed by atoms with Crippen LogP contribution in [0.2, 0.25) is 0 Å². The lowest BCUT2D eigenvalue weighted by Gasteiger charge is -2.07. The van der Waals surface area contributed by atoms with E-state index in [1.807, 2.05) is 60.8 Å². The van der Waals surface area contributed by atoms with Gasteiger partial charge in [-0.15, -0.1) is 11.3 Å². The number of benzene rings is 2. The Hall–Kier alpha value is -3.30. The molecule has 0 bridgehead atoms. The number of rotatable bonds is 7. The van der Waals surface area contributed by atoms with Crippen LogP contribution in [0.15, 0.2) is 60.1 Å². The van der Waals surface area contributed by atoms with Crippen molar-refractivity contribution in [1.82, 2.24) is 4.98 Å². The molecule has 6 heteroatoms. The number of anilines is 1. The highest BCUT2D eigenvalue weighted by Crippen LogP contribution is 2.28. The van der Waals surface area contributed by atoms with Gasteiger partial charge in [-0.25, -0.2) is 4.98 Å². The zero-order valence-electron chi connectivity index (χ0n) is 15.1. The van der Waals surface area contributed by atoms with Crippen LogP contribution >= 0.6 is 11.3 Å². The Morgan fingerprint density at radius 3 is 2.70 bits per heavy atom. The number of thiazole rings is 1. The first-order valence-electron chi connectivity index (χ1n) is 8.44. The van der Waals surface area contributed by atoms with E-state index >= 15 is 0 Å². The quantitative estimate of drug-likeness (QED) is 0.574. The summed E-state index contributed by atoms with van der Waals surface area (Å²) < 4.78 is 10.8. The molecule has 1 aromatic heterocycles. The maximum atomic E-state index is 9.52. The number of allylic oxidation sites excluding steroid dienone is 1. The van der Waals surface area contributed by atoms with Crippen molar-refractivity contribution in [3.05, 3.63) is 65.1 Å². The summed E-state index contributed by atoms with van der Waals surface area (Å²) in [6.07, 6.45) is 1.65. The van der Waals surface area contributed by atoms with Crippen LogP contribution in [0.1, 0.15) is 11.9 Å². The molecule has 2 aromatic carbocycles. The number of hydrogen-bond acceptors (Lipinski definition) is 6. The zero-order chi connectivity index (χ0) is 19.1. The largest absolute Gasteiger partial charge is 0.495 e. The lowest BCUT2D eigenvalue weighted by Crippen LogP contribution is -1.94. The van der Waals surface area contributed by atoms with Gasteiger partial charge in [-0.1, -0.05) is 12.1 Å². The summed E-state index contributed by atoms with van der Waals surface area (Å²) in [5, 5.41) is 15.2.